The summed E-state index contributed by atoms with van der Waals surface area (Å²) in [5.41, 5.74) is -0.878. The largest absolute Gasteiger partial charge is 0.478 e. The van der Waals surface area contributed by atoms with E-state index in [9.17, 15) is 24.3 Å². The summed E-state index contributed by atoms with van der Waals surface area (Å²) < 4.78 is 9.45. The monoisotopic (exact) mass is 343 g/mol. The van der Waals surface area contributed by atoms with E-state index in [0.29, 0.717) is 0 Å². The van der Waals surface area contributed by atoms with Crippen molar-refractivity contribution in [3.8, 4) is 0 Å². The van der Waals surface area contributed by atoms with Crippen molar-refractivity contribution in [2.24, 2.45) is 0 Å². The first-order valence-electron chi connectivity index (χ1n) is 6.47. The Morgan fingerprint density at radius 3 is 2.17 bits per heavy atom. The quantitative estimate of drug-likeness (QED) is 0.634. The minimum atomic E-state index is -1.34. The highest BCUT2D eigenvalue weighted by molar-refractivity contribution is 7.18. The summed E-state index contributed by atoms with van der Waals surface area (Å²) >= 11 is 0.724. The summed E-state index contributed by atoms with van der Waals surface area (Å²) in [7, 11) is 1.02. The molecule has 0 atom stereocenters. The van der Waals surface area contributed by atoms with E-state index in [1.165, 1.54) is 6.92 Å². The van der Waals surface area contributed by atoms with Gasteiger partial charge in [0.1, 0.15) is 15.5 Å². The fourth-order valence-electron chi connectivity index (χ4n) is 1.63. The average Bonchev–Trinajstić information content (AvgIpc) is 2.72. The molecule has 0 aliphatic heterocycles. The number of thiophene rings is 1. The van der Waals surface area contributed by atoms with Crippen molar-refractivity contribution in [2.45, 2.75) is 33.3 Å². The second kappa shape index (κ2) is 6.78. The zero-order chi connectivity index (χ0) is 17.9. The highest BCUT2D eigenvalue weighted by Crippen LogP contribution is 2.34. The maximum atomic E-state index is 12.1. The fraction of sp³-hybridized carbons (Fsp3) is 0.429. The van der Waals surface area contributed by atoms with Gasteiger partial charge in [0, 0.05) is 0 Å². The van der Waals surface area contributed by atoms with Crippen LogP contribution in [0.25, 0.3) is 0 Å². The number of rotatable bonds is 3. The highest BCUT2D eigenvalue weighted by Gasteiger charge is 2.29. The van der Waals surface area contributed by atoms with Gasteiger partial charge >= 0.3 is 23.8 Å². The molecule has 1 heterocycles. The van der Waals surface area contributed by atoms with Gasteiger partial charge < -0.3 is 19.9 Å². The highest BCUT2D eigenvalue weighted by atomic mass is 32.1. The van der Waals surface area contributed by atoms with Crippen LogP contribution in [0.2, 0.25) is 0 Å². The molecule has 0 fully saturated rings. The summed E-state index contributed by atoms with van der Waals surface area (Å²) in [4.78, 5) is 46.2. The molecule has 9 heteroatoms. The summed E-state index contributed by atoms with van der Waals surface area (Å²) in [6, 6.07) is 0. The lowest BCUT2D eigenvalue weighted by atomic mass is 10.1. The predicted octanol–water partition coefficient (Wildman–Crippen LogP) is 1.82. The lowest BCUT2D eigenvalue weighted by Gasteiger charge is -2.19. The number of carboxylic acids is 1. The normalized spacial score (nSPS) is 10.8. The molecule has 126 valence electrons. The SMILES string of the molecule is COC(=O)C(=O)Nc1sc(C(=O)OC(C)(C)C)c(C)c1C(=O)O. The maximum absolute atomic E-state index is 12.1. The fourth-order valence-corrected chi connectivity index (χ4v) is 2.70. The number of carbonyl (C=O) groups excluding carboxylic acids is 3. The van der Waals surface area contributed by atoms with Gasteiger partial charge in [-0.1, -0.05) is 0 Å². The van der Waals surface area contributed by atoms with Crippen molar-refractivity contribution in [1.82, 2.24) is 0 Å². The Labute approximate surface area is 136 Å². The van der Waals surface area contributed by atoms with Gasteiger partial charge in [0.25, 0.3) is 0 Å². The van der Waals surface area contributed by atoms with Crippen LogP contribution in [0, 0.1) is 6.92 Å². The van der Waals surface area contributed by atoms with Gasteiger partial charge in [-0.15, -0.1) is 11.3 Å². The number of aromatic carboxylic acids is 1. The number of hydrogen-bond donors (Lipinski definition) is 2. The van der Waals surface area contributed by atoms with Crippen LogP contribution in [-0.4, -0.2) is 41.6 Å². The molecule has 0 unspecified atom stereocenters. The van der Waals surface area contributed by atoms with Crippen molar-refractivity contribution < 1.29 is 33.8 Å². The molecule has 0 radical (unpaired) electrons. The first kappa shape index (κ1) is 18.6. The third-order valence-corrected chi connectivity index (χ3v) is 3.73. The van der Waals surface area contributed by atoms with E-state index in [1.54, 1.807) is 20.8 Å². The van der Waals surface area contributed by atoms with Crippen LogP contribution in [-0.2, 0) is 19.1 Å². The number of esters is 2. The van der Waals surface area contributed by atoms with E-state index in [4.69, 9.17) is 4.74 Å². The Bertz CT molecular complexity index is 669. The van der Waals surface area contributed by atoms with Crippen LogP contribution in [0.3, 0.4) is 0 Å². The molecule has 2 N–H and O–H groups in total. The smallest absolute Gasteiger partial charge is 0.396 e. The molecule has 1 aromatic rings. The second-order valence-electron chi connectivity index (χ2n) is 5.51. The number of ether oxygens (including phenoxy) is 2. The molecule has 0 aliphatic rings. The zero-order valence-corrected chi connectivity index (χ0v) is 14.1. The number of carbonyl (C=O) groups is 4. The first-order valence-corrected chi connectivity index (χ1v) is 7.29. The Hall–Kier alpha value is -2.42. The van der Waals surface area contributed by atoms with Crippen molar-refractivity contribution in [3.05, 3.63) is 16.0 Å². The van der Waals surface area contributed by atoms with Crippen molar-refractivity contribution in [2.75, 3.05) is 12.4 Å². The standard InChI is InChI=1S/C14H17NO7S/c1-6-7(11(17)18)10(15-9(16)13(20)21-5)23-8(6)12(19)22-14(2,3)4/h1-5H3,(H,15,16)(H,17,18). The Morgan fingerprint density at radius 1 is 1.17 bits per heavy atom. The lowest BCUT2D eigenvalue weighted by molar-refractivity contribution is -0.150. The average molecular weight is 343 g/mol. The Kier molecular flexibility index (Phi) is 5.49. The number of amides is 1. The molecule has 1 amide bonds. The maximum Gasteiger partial charge on any atom is 0.396 e. The molecule has 0 saturated carbocycles. The van der Waals surface area contributed by atoms with Gasteiger partial charge in [-0.2, -0.15) is 0 Å². The van der Waals surface area contributed by atoms with Crippen LogP contribution in [0.5, 0.6) is 0 Å². The third kappa shape index (κ3) is 4.52. The van der Waals surface area contributed by atoms with Gasteiger partial charge in [0.2, 0.25) is 0 Å². The predicted molar refractivity (Wildman–Crippen MR) is 81.8 cm³/mol. The summed E-state index contributed by atoms with van der Waals surface area (Å²) in [6.45, 7) is 6.44. The molecule has 0 spiro atoms. The van der Waals surface area contributed by atoms with Crippen LogP contribution >= 0.6 is 11.3 Å². The molecule has 8 nitrogen and oxygen atoms in total. The van der Waals surface area contributed by atoms with Crippen LogP contribution in [0.1, 0.15) is 46.4 Å². The third-order valence-electron chi connectivity index (χ3n) is 2.54. The topological polar surface area (TPSA) is 119 Å². The van der Waals surface area contributed by atoms with Gasteiger partial charge in [-0.3, -0.25) is 4.79 Å². The number of hydrogen-bond acceptors (Lipinski definition) is 7. The zero-order valence-electron chi connectivity index (χ0n) is 13.3. The summed E-state index contributed by atoms with van der Waals surface area (Å²) in [5, 5.41) is 11.3. The van der Waals surface area contributed by atoms with Crippen LogP contribution in [0.4, 0.5) is 5.00 Å². The minimum Gasteiger partial charge on any atom is -0.478 e. The molecule has 0 bridgehead atoms. The summed E-state index contributed by atoms with van der Waals surface area (Å²) in [5.74, 6) is -4.35. The van der Waals surface area contributed by atoms with Crippen molar-refractivity contribution in [1.29, 1.82) is 0 Å². The van der Waals surface area contributed by atoms with E-state index in [-0.39, 0.29) is 21.0 Å². The Balaban J connectivity index is 3.25. The first-order chi connectivity index (χ1) is 10.5. The van der Waals surface area contributed by atoms with E-state index in [0.717, 1.165) is 18.4 Å². The van der Waals surface area contributed by atoms with E-state index < -0.39 is 29.4 Å². The minimum absolute atomic E-state index is 0.0393. The second-order valence-corrected chi connectivity index (χ2v) is 6.53. The number of nitrogens with one attached hydrogen (secondary N) is 1. The van der Waals surface area contributed by atoms with E-state index in [2.05, 4.69) is 10.1 Å². The number of anilines is 1. The van der Waals surface area contributed by atoms with Crippen LogP contribution in [0.15, 0.2) is 0 Å². The molecule has 1 rings (SSSR count). The molecular weight excluding hydrogens is 326 g/mol. The van der Waals surface area contributed by atoms with E-state index in [1.807, 2.05) is 0 Å². The van der Waals surface area contributed by atoms with Gasteiger partial charge in [-0.05, 0) is 33.3 Å². The number of carboxylic acid groups (broad SMARTS) is 1. The van der Waals surface area contributed by atoms with Crippen molar-refractivity contribution >= 4 is 40.2 Å². The van der Waals surface area contributed by atoms with Gasteiger partial charge in [0.05, 0.1) is 12.7 Å². The van der Waals surface area contributed by atoms with Gasteiger partial charge in [0.15, 0.2) is 0 Å². The molecule has 1 aromatic heterocycles. The van der Waals surface area contributed by atoms with Crippen molar-refractivity contribution in [3.63, 3.8) is 0 Å². The Morgan fingerprint density at radius 2 is 1.74 bits per heavy atom. The molecule has 23 heavy (non-hydrogen) atoms. The van der Waals surface area contributed by atoms with Crippen LogP contribution < -0.4 is 5.32 Å². The van der Waals surface area contributed by atoms with E-state index >= 15 is 0 Å². The molecule has 0 saturated heterocycles. The number of methoxy groups -OCH3 is 1. The molecule has 0 aromatic carbocycles. The molecular formula is C14H17NO7S. The summed E-state index contributed by atoms with van der Waals surface area (Å²) in [6.07, 6.45) is 0. The molecule has 0 aliphatic carbocycles. The lowest BCUT2D eigenvalue weighted by Crippen LogP contribution is -2.24. The van der Waals surface area contributed by atoms with Gasteiger partial charge in [-0.25, -0.2) is 14.4 Å².